The fraction of sp³-hybridized carbons (Fsp3) is 0.583. The Bertz CT molecular complexity index is 409. The zero-order valence-electron chi connectivity index (χ0n) is 9.72. The fourth-order valence-corrected chi connectivity index (χ4v) is 2.83. The summed E-state index contributed by atoms with van der Waals surface area (Å²) in [5.41, 5.74) is 0. The Balaban J connectivity index is 2.34. The third-order valence-electron chi connectivity index (χ3n) is 3.19. The molecule has 0 spiro atoms. The summed E-state index contributed by atoms with van der Waals surface area (Å²) in [5, 5.41) is 1.30. The molecule has 17 heavy (non-hydrogen) atoms. The van der Waals surface area contributed by atoms with Crippen molar-refractivity contribution in [3.63, 3.8) is 0 Å². The molecule has 5 heteroatoms. The summed E-state index contributed by atoms with van der Waals surface area (Å²) >= 11 is 18.1. The highest BCUT2D eigenvalue weighted by atomic mass is 35.5. The molecule has 1 aromatic rings. The van der Waals surface area contributed by atoms with Gasteiger partial charge in [0.15, 0.2) is 0 Å². The van der Waals surface area contributed by atoms with Crippen LogP contribution in [0.15, 0.2) is 6.07 Å². The Labute approximate surface area is 117 Å². The van der Waals surface area contributed by atoms with Crippen molar-refractivity contribution in [3.8, 4) is 0 Å². The van der Waals surface area contributed by atoms with E-state index in [1.807, 2.05) is 0 Å². The summed E-state index contributed by atoms with van der Waals surface area (Å²) in [4.78, 5) is 6.55. The van der Waals surface area contributed by atoms with Gasteiger partial charge in [-0.25, -0.2) is 4.98 Å². The van der Waals surface area contributed by atoms with E-state index in [2.05, 4.69) is 16.8 Å². The fourth-order valence-electron chi connectivity index (χ4n) is 2.23. The molecular weight excluding hydrogens is 279 g/mol. The van der Waals surface area contributed by atoms with E-state index >= 15 is 0 Å². The predicted molar refractivity (Wildman–Crippen MR) is 74.5 cm³/mol. The summed E-state index contributed by atoms with van der Waals surface area (Å²) in [5.74, 6) is 0.760. The highest BCUT2D eigenvalue weighted by Crippen LogP contribution is 2.33. The molecule has 0 bridgehead atoms. The average molecular weight is 294 g/mol. The summed E-state index contributed by atoms with van der Waals surface area (Å²) < 4.78 is 0. The molecule has 0 aromatic carbocycles. The Kier molecular flexibility index (Phi) is 4.40. The van der Waals surface area contributed by atoms with Crippen LogP contribution >= 0.6 is 34.8 Å². The van der Waals surface area contributed by atoms with Crippen LogP contribution in [-0.4, -0.2) is 17.6 Å². The van der Waals surface area contributed by atoms with Crippen LogP contribution in [0.5, 0.6) is 0 Å². The number of rotatable bonds is 1. The highest BCUT2D eigenvalue weighted by molar-refractivity contribution is 6.42. The quantitative estimate of drug-likeness (QED) is 0.691. The van der Waals surface area contributed by atoms with Gasteiger partial charge in [0.25, 0.3) is 0 Å². The lowest BCUT2D eigenvalue weighted by molar-refractivity contribution is 0.611. The molecule has 2 heterocycles. The van der Waals surface area contributed by atoms with Crippen molar-refractivity contribution in [2.24, 2.45) is 0 Å². The van der Waals surface area contributed by atoms with Crippen LogP contribution in [0.3, 0.4) is 0 Å². The highest BCUT2D eigenvalue weighted by Gasteiger charge is 2.21. The normalized spacial score (nSPS) is 21.4. The Morgan fingerprint density at radius 1 is 1.18 bits per heavy atom. The van der Waals surface area contributed by atoms with Gasteiger partial charge in [-0.05, 0) is 25.8 Å². The van der Waals surface area contributed by atoms with Crippen LogP contribution in [0.1, 0.15) is 32.6 Å². The molecule has 2 nitrogen and oxygen atoms in total. The number of anilines is 1. The van der Waals surface area contributed by atoms with Crippen molar-refractivity contribution in [2.75, 3.05) is 11.4 Å². The van der Waals surface area contributed by atoms with E-state index in [1.165, 1.54) is 19.3 Å². The van der Waals surface area contributed by atoms with E-state index in [-0.39, 0.29) is 0 Å². The zero-order chi connectivity index (χ0) is 12.4. The molecule has 0 aliphatic carbocycles. The van der Waals surface area contributed by atoms with Gasteiger partial charge in [-0.2, -0.15) is 0 Å². The topological polar surface area (TPSA) is 16.1 Å². The van der Waals surface area contributed by atoms with Crippen molar-refractivity contribution in [2.45, 2.75) is 38.6 Å². The first kappa shape index (κ1) is 13.3. The molecule has 0 N–H and O–H groups in total. The van der Waals surface area contributed by atoms with E-state index in [1.54, 1.807) is 6.07 Å². The first-order chi connectivity index (χ1) is 8.09. The SMILES string of the molecule is CC1CCCCCN1c1nc(Cl)c(Cl)cc1Cl. The molecule has 1 fully saturated rings. The zero-order valence-corrected chi connectivity index (χ0v) is 12.0. The third kappa shape index (κ3) is 2.98. The van der Waals surface area contributed by atoms with Gasteiger partial charge >= 0.3 is 0 Å². The first-order valence-corrected chi connectivity index (χ1v) is 7.01. The Morgan fingerprint density at radius 3 is 2.71 bits per heavy atom. The maximum atomic E-state index is 6.21. The molecule has 1 atom stereocenters. The summed E-state index contributed by atoms with van der Waals surface area (Å²) in [6, 6.07) is 2.12. The summed E-state index contributed by atoms with van der Waals surface area (Å²) in [6.45, 7) is 3.18. The lowest BCUT2D eigenvalue weighted by Gasteiger charge is -2.29. The van der Waals surface area contributed by atoms with E-state index in [4.69, 9.17) is 34.8 Å². The van der Waals surface area contributed by atoms with Crippen molar-refractivity contribution < 1.29 is 0 Å². The minimum Gasteiger partial charge on any atom is -0.353 e. The lowest BCUT2D eigenvalue weighted by atomic mass is 10.1. The van der Waals surface area contributed by atoms with Crippen LogP contribution in [0.25, 0.3) is 0 Å². The second-order valence-electron chi connectivity index (χ2n) is 4.46. The first-order valence-electron chi connectivity index (χ1n) is 5.88. The maximum Gasteiger partial charge on any atom is 0.150 e. The number of nitrogens with zero attached hydrogens (tertiary/aromatic N) is 2. The number of hydrogen-bond donors (Lipinski definition) is 0. The van der Waals surface area contributed by atoms with E-state index in [0.717, 1.165) is 18.8 Å². The molecule has 94 valence electrons. The maximum absolute atomic E-state index is 6.21. The Morgan fingerprint density at radius 2 is 1.94 bits per heavy atom. The van der Waals surface area contributed by atoms with Crippen LogP contribution < -0.4 is 4.90 Å². The van der Waals surface area contributed by atoms with Gasteiger partial charge in [-0.3, -0.25) is 0 Å². The number of pyridine rings is 1. The van der Waals surface area contributed by atoms with Crippen LogP contribution in [-0.2, 0) is 0 Å². The van der Waals surface area contributed by atoms with Crippen molar-refractivity contribution in [3.05, 3.63) is 21.3 Å². The summed E-state index contributed by atoms with van der Waals surface area (Å²) in [6.07, 6.45) is 4.86. The minimum absolute atomic E-state index is 0.322. The molecule has 1 aliphatic rings. The molecule has 1 aromatic heterocycles. The van der Waals surface area contributed by atoms with Crippen molar-refractivity contribution in [1.29, 1.82) is 0 Å². The monoisotopic (exact) mass is 292 g/mol. The molecule has 0 saturated carbocycles. The minimum atomic E-state index is 0.322. The second kappa shape index (κ2) is 5.64. The van der Waals surface area contributed by atoms with Gasteiger partial charge in [0.05, 0.1) is 10.0 Å². The van der Waals surface area contributed by atoms with E-state index in [9.17, 15) is 0 Å². The summed E-state index contributed by atoms with van der Waals surface area (Å²) in [7, 11) is 0. The molecule has 0 amide bonds. The third-order valence-corrected chi connectivity index (χ3v) is 4.14. The average Bonchev–Trinajstić information content (AvgIpc) is 2.49. The van der Waals surface area contributed by atoms with Crippen molar-refractivity contribution in [1.82, 2.24) is 4.98 Å². The van der Waals surface area contributed by atoms with Crippen LogP contribution in [0.2, 0.25) is 15.2 Å². The smallest absolute Gasteiger partial charge is 0.150 e. The van der Waals surface area contributed by atoms with E-state index < -0.39 is 0 Å². The Hall–Kier alpha value is -0.180. The van der Waals surface area contributed by atoms with Crippen LogP contribution in [0.4, 0.5) is 5.82 Å². The largest absolute Gasteiger partial charge is 0.353 e. The van der Waals surface area contributed by atoms with Gasteiger partial charge in [-0.15, -0.1) is 0 Å². The molecule has 1 unspecified atom stereocenters. The number of hydrogen-bond acceptors (Lipinski definition) is 2. The van der Waals surface area contributed by atoms with Gasteiger partial charge < -0.3 is 4.90 Å². The molecule has 0 radical (unpaired) electrons. The van der Waals surface area contributed by atoms with Gasteiger partial charge in [0.2, 0.25) is 0 Å². The number of aromatic nitrogens is 1. The van der Waals surface area contributed by atoms with E-state index in [0.29, 0.717) is 21.2 Å². The molecule has 2 rings (SSSR count). The number of halogens is 3. The second-order valence-corrected chi connectivity index (χ2v) is 5.63. The predicted octanol–water partition coefficient (Wildman–Crippen LogP) is 4.81. The molecule has 1 aliphatic heterocycles. The van der Waals surface area contributed by atoms with Gasteiger partial charge in [0, 0.05) is 12.6 Å². The molecular formula is C12H15Cl3N2. The lowest BCUT2D eigenvalue weighted by Crippen LogP contribution is -2.33. The van der Waals surface area contributed by atoms with Gasteiger partial charge in [-0.1, -0.05) is 47.6 Å². The van der Waals surface area contributed by atoms with Gasteiger partial charge in [0.1, 0.15) is 11.0 Å². The molecule has 1 saturated heterocycles. The van der Waals surface area contributed by atoms with Crippen molar-refractivity contribution >= 4 is 40.6 Å². The standard InChI is InChI=1S/C12H15Cl3N2/c1-8-5-3-2-4-6-17(8)12-10(14)7-9(13)11(15)16-12/h7-8H,2-6H2,1H3. The van der Waals surface area contributed by atoms with Crippen LogP contribution in [0, 0.1) is 0 Å².